The van der Waals surface area contributed by atoms with E-state index in [1.807, 2.05) is 13.8 Å². The van der Waals surface area contributed by atoms with Gasteiger partial charge in [0.15, 0.2) is 0 Å². The van der Waals surface area contributed by atoms with Crippen molar-refractivity contribution in [1.29, 1.82) is 0 Å². The third-order valence-electron chi connectivity index (χ3n) is 3.08. The first-order valence-corrected chi connectivity index (χ1v) is 7.46. The van der Waals surface area contributed by atoms with E-state index in [2.05, 4.69) is 5.32 Å². The van der Waals surface area contributed by atoms with Crippen molar-refractivity contribution in [2.75, 3.05) is 11.5 Å². The molecule has 1 aromatic carbocycles. The zero-order valence-corrected chi connectivity index (χ0v) is 11.6. The minimum Gasteiger partial charge on any atom is -0.303 e. The topological polar surface area (TPSA) is 29.1 Å². The van der Waals surface area contributed by atoms with Crippen LogP contribution < -0.4 is 5.32 Å². The molecule has 1 aromatic rings. The molecule has 0 amide bonds. The molecule has 6 heteroatoms. The number of halogens is 3. The Kier molecular flexibility index (Phi) is 3.75. The van der Waals surface area contributed by atoms with Gasteiger partial charge in [0.05, 0.1) is 5.56 Å². The first kappa shape index (κ1) is 14.5. The molecule has 1 N–H and O–H groups in total. The third-order valence-corrected chi connectivity index (χ3v) is 4.83. The first-order valence-electron chi connectivity index (χ1n) is 5.97. The normalized spacial score (nSPS) is 27.2. The van der Waals surface area contributed by atoms with E-state index in [9.17, 15) is 17.4 Å². The van der Waals surface area contributed by atoms with Gasteiger partial charge in [0.25, 0.3) is 0 Å². The molecular weight excluding hydrogens is 275 g/mol. The van der Waals surface area contributed by atoms with E-state index < -0.39 is 22.5 Å². The number of hydrogen-bond acceptors (Lipinski definition) is 2. The predicted molar refractivity (Wildman–Crippen MR) is 69.3 cm³/mol. The van der Waals surface area contributed by atoms with Gasteiger partial charge in [-0.3, -0.25) is 4.21 Å². The van der Waals surface area contributed by atoms with E-state index in [0.717, 1.165) is 17.7 Å². The van der Waals surface area contributed by atoms with Gasteiger partial charge in [0, 0.05) is 33.9 Å². The number of benzene rings is 1. The molecule has 2 atom stereocenters. The lowest BCUT2D eigenvalue weighted by Gasteiger charge is -2.36. The Labute approximate surface area is 112 Å². The summed E-state index contributed by atoms with van der Waals surface area (Å²) in [7, 11) is -0.947. The van der Waals surface area contributed by atoms with Gasteiger partial charge in [-0.2, -0.15) is 13.2 Å². The summed E-state index contributed by atoms with van der Waals surface area (Å²) >= 11 is 0. The van der Waals surface area contributed by atoms with Crippen molar-refractivity contribution >= 4 is 10.8 Å². The maximum atomic E-state index is 12.5. The third kappa shape index (κ3) is 3.57. The van der Waals surface area contributed by atoms with Crippen molar-refractivity contribution in [1.82, 2.24) is 5.32 Å². The van der Waals surface area contributed by atoms with Gasteiger partial charge in [0.1, 0.15) is 0 Å². The number of rotatable bonds is 1. The average Bonchev–Trinajstić information content (AvgIpc) is 2.25. The fraction of sp³-hybridized carbons (Fsp3) is 0.538. The molecule has 106 valence electrons. The van der Waals surface area contributed by atoms with Gasteiger partial charge in [-0.1, -0.05) is 12.1 Å². The second-order valence-corrected chi connectivity index (χ2v) is 6.95. The summed E-state index contributed by atoms with van der Waals surface area (Å²) in [6.07, 6.45) is -4.32. The first-order chi connectivity index (χ1) is 8.67. The van der Waals surface area contributed by atoms with E-state index in [1.54, 1.807) is 0 Å². The summed E-state index contributed by atoms with van der Waals surface area (Å²) < 4.78 is 49.2. The lowest BCUT2D eigenvalue weighted by molar-refractivity contribution is -0.137. The van der Waals surface area contributed by atoms with E-state index in [1.165, 1.54) is 12.1 Å². The van der Waals surface area contributed by atoms with Crippen LogP contribution in [0.15, 0.2) is 24.3 Å². The van der Waals surface area contributed by atoms with Crippen molar-refractivity contribution < 1.29 is 17.4 Å². The SMILES string of the molecule is CC1(C)CS(=O)CC(c2ccc(C(F)(F)F)cc2)N1. The van der Waals surface area contributed by atoms with Crippen LogP contribution in [0.5, 0.6) is 0 Å². The maximum Gasteiger partial charge on any atom is 0.416 e. The van der Waals surface area contributed by atoms with Gasteiger partial charge in [-0.15, -0.1) is 0 Å². The Morgan fingerprint density at radius 2 is 1.84 bits per heavy atom. The molecule has 0 aromatic heterocycles. The molecule has 0 spiro atoms. The van der Waals surface area contributed by atoms with Crippen LogP contribution in [0, 0.1) is 0 Å². The van der Waals surface area contributed by atoms with Crippen LogP contribution in [0.2, 0.25) is 0 Å². The Bertz CT molecular complexity index is 482. The van der Waals surface area contributed by atoms with Crippen molar-refractivity contribution in [2.45, 2.75) is 31.6 Å². The Hall–Kier alpha value is -0.880. The molecule has 1 aliphatic heterocycles. The standard InChI is InChI=1S/C13H16F3NOS/c1-12(2)8-19(18)7-11(17-12)9-3-5-10(6-4-9)13(14,15)16/h3-6,11,17H,7-8H2,1-2H3. The number of nitrogens with one attached hydrogen (secondary N) is 1. The van der Waals surface area contributed by atoms with E-state index >= 15 is 0 Å². The molecule has 2 nitrogen and oxygen atoms in total. The van der Waals surface area contributed by atoms with E-state index in [-0.39, 0.29) is 11.6 Å². The molecule has 2 rings (SSSR count). The summed E-state index contributed by atoms with van der Waals surface area (Å²) in [6.45, 7) is 3.89. The highest BCUT2D eigenvalue weighted by Gasteiger charge is 2.33. The molecule has 0 bridgehead atoms. The lowest BCUT2D eigenvalue weighted by Crippen LogP contribution is -2.52. The van der Waals surface area contributed by atoms with Crippen molar-refractivity contribution in [2.24, 2.45) is 0 Å². The van der Waals surface area contributed by atoms with Gasteiger partial charge in [-0.05, 0) is 31.5 Å². The summed E-state index contributed by atoms with van der Waals surface area (Å²) in [6, 6.07) is 4.90. The Balaban J connectivity index is 2.20. The van der Waals surface area contributed by atoms with E-state index in [0.29, 0.717) is 11.5 Å². The van der Waals surface area contributed by atoms with Crippen molar-refractivity contribution in [3.05, 3.63) is 35.4 Å². The minimum absolute atomic E-state index is 0.160. The molecule has 0 aliphatic carbocycles. The number of hydrogen-bond donors (Lipinski definition) is 1. The molecule has 1 fully saturated rings. The quantitative estimate of drug-likeness (QED) is 0.862. The highest BCUT2D eigenvalue weighted by atomic mass is 32.2. The zero-order chi connectivity index (χ0) is 14.3. The monoisotopic (exact) mass is 291 g/mol. The molecule has 1 heterocycles. The largest absolute Gasteiger partial charge is 0.416 e. The minimum atomic E-state index is -4.32. The van der Waals surface area contributed by atoms with Crippen LogP contribution in [0.3, 0.4) is 0 Å². The van der Waals surface area contributed by atoms with Crippen LogP contribution in [0.1, 0.15) is 31.0 Å². The van der Waals surface area contributed by atoms with Crippen molar-refractivity contribution in [3.8, 4) is 0 Å². The van der Waals surface area contributed by atoms with Gasteiger partial charge < -0.3 is 5.32 Å². The fourth-order valence-corrected chi connectivity index (χ4v) is 3.94. The molecule has 0 saturated carbocycles. The second kappa shape index (κ2) is 4.90. The Morgan fingerprint density at radius 1 is 1.26 bits per heavy atom. The lowest BCUT2D eigenvalue weighted by atomic mass is 10.0. The Morgan fingerprint density at radius 3 is 2.32 bits per heavy atom. The predicted octanol–water partition coefficient (Wildman–Crippen LogP) is 2.88. The molecular formula is C13H16F3NOS. The van der Waals surface area contributed by atoms with Crippen LogP contribution in [0.4, 0.5) is 13.2 Å². The molecule has 1 saturated heterocycles. The molecule has 1 aliphatic rings. The summed E-state index contributed by atoms with van der Waals surface area (Å²) in [5.74, 6) is 0.999. The highest BCUT2D eigenvalue weighted by Crippen LogP contribution is 2.31. The van der Waals surface area contributed by atoms with Gasteiger partial charge in [0.2, 0.25) is 0 Å². The second-order valence-electron chi connectivity index (χ2n) is 5.45. The number of alkyl halides is 3. The smallest absolute Gasteiger partial charge is 0.303 e. The molecule has 0 radical (unpaired) electrons. The zero-order valence-electron chi connectivity index (χ0n) is 10.8. The highest BCUT2D eigenvalue weighted by molar-refractivity contribution is 7.85. The maximum absolute atomic E-state index is 12.5. The van der Waals surface area contributed by atoms with Crippen LogP contribution in [-0.4, -0.2) is 21.3 Å². The molecule has 19 heavy (non-hydrogen) atoms. The van der Waals surface area contributed by atoms with Crippen LogP contribution in [0.25, 0.3) is 0 Å². The van der Waals surface area contributed by atoms with Crippen LogP contribution >= 0.6 is 0 Å². The van der Waals surface area contributed by atoms with Crippen molar-refractivity contribution in [3.63, 3.8) is 0 Å². The summed E-state index contributed by atoms with van der Waals surface area (Å²) in [5.41, 5.74) is -0.183. The van der Waals surface area contributed by atoms with Gasteiger partial charge >= 0.3 is 6.18 Å². The fourth-order valence-electron chi connectivity index (χ4n) is 2.29. The average molecular weight is 291 g/mol. The summed E-state index contributed by atoms with van der Waals surface area (Å²) in [5, 5.41) is 3.32. The summed E-state index contributed by atoms with van der Waals surface area (Å²) in [4.78, 5) is 0. The van der Waals surface area contributed by atoms with Crippen LogP contribution in [-0.2, 0) is 17.0 Å². The van der Waals surface area contributed by atoms with Gasteiger partial charge in [-0.25, -0.2) is 0 Å². The van der Waals surface area contributed by atoms with E-state index in [4.69, 9.17) is 0 Å². The molecule has 2 unspecified atom stereocenters.